The first-order valence-electron chi connectivity index (χ1n) is 10.1. The number of ether oxygens (including phenoxy) is 1. The van der Waals surface area contributed by atoms with E-state index in [1.807, 2.05) is 0 Å². The topological polar surface area (TPSA) is 134 Å². The van der Waals surface area contributed by atoms with E-state index in [0.29, 0.717) is 25.8 Å². The first kappa shape index (κ1) is 23.4. The van der Waals surface area contributed by atoms with E-state index in [0.717, 1.165) is 22.3 Å². The Morgan fingerprint density at radius 2 is 2.09 bits per heavy atom. The molecule has 3 rings (SSSR count). The third kappa shape index (κ3) is 5.50. The van der Waals surface area contributed by atoms with Gasteiger partial charge in [-0.15, -0.1) is 11.3 Å². The Morgan fingerprint density at radius 3 is 2.75 bits per heavy atom. The van der Waals surface area contributed by atoms with Gasteiger partial charge in [-0.1, -0.05) is 6.92 Å². The van der Waals surface area contributed by atoms with Crippen LogP contribution in [0.25, 0.3) is 0 Å². The Balaban J connectivity index is 1.60. The van der Waals surface area contributed by atoms with Gasteiger partial charge in [-0.25, -0.2) is 9.18 Å². The minimum atomic E-state index is -0.885. The number of halogens is 1. The number of hydrogen-bond donors (Lipinski definition) is 3. The Labute approximate surface area is 188 Å². The molecule has 2 aromatic rings. The van der Waals surface area contributed by atoms with Crippen LogP contribution in [0, 0.1) is 23.1 Å². The summed E-state index contributed by atoms with van der Waals surface area (Å²) in [6.07, 6.45) is 1.63. The van der Waals surface area contributed by atoms with Crippen molar-refractivity contribution in [3.8, 4) is 5.75 Å². The van der Waals surface area contributed by atoms with E-state index in [9.17, 15) is 23.9 Å². The number of likely N-dealkylation sites (tertiary alicyclic amines) is 1. The Morgan fingerprint density at radius 1 is 1.34 bits per heavy atom. The van der Waals surface area contributed by atoms with Crippen molar-refractivity contribution in [1.29, 1.82) is 5.41 Å². The molecule has 1 aromatic heterocycles. The van der Waals surface area contributed by atoms with Gasteiger partial charge in [0.1, 0.15) is 10.7 Å². The monoisotopic (exact) mass is 461 g/mol. The summed E-state index contributed by atoms with van der Waals surface area (Å²) in [7, 11) is 0. The van der Waals surface area contributed by atoms with Crippen LogP contribution >= 0.6 is 11.3 Å². The molecule has 0 bridgehead atoms. The number of esters is 1. The number of carbonyl (C=O) groups excluding carboxylic acids is 2. The molecule has 1 aliphatic rings. The van der Waals surface area contributed by atoms with Crippen molar-refractivity contribution < 1.29 is 28.6 Å². The number of carboxylic acid groups (broad SMARTS) is 1. The molecule has 8 nitrogen and oxygen atoms in total. The van der Waals surface area contributed by atoms with E-state index in [1.165, 1.54) is 12.1 Å². The number of nitrogens with zero attached hydrogens (tertiary/aromatic N) is 1. The van der Waals surface area contributed by atoms with E-state index < -0.39 is 23.7 Å². The van der Waals surface area contributed by atoms with Crippen LogP contribution in [0.2, 0.25) is 0 Å². The zero-order valence-electron chi connectivity index (χ0n) is 17.5. The highest BCUT2D eigenvalue weighted by atomic mass is 32.1. The van der Waals surface area contributed by atoms with Crippen LogP contribution in [0.3, 0.4) is 0 Å². The first-order chi connectivity index (χ1) is 15.2. The van der Waals surface area contributed by atoms with E-state index in [2.05, 4.69) is 0 Å². The molecular formula is C22H24FN3O5S. The SMILES string of the molecule is CC(Cc1ccc(C(=O)Oc2ccc(C(=N)N)cc2F)s1)C(=O)N1CCCC(C(=O)O)C1. The molecule has 1 amide bonds. The standard InChI is InChI=1S/C22H24FN3O5S/c1-12(20(27)26-8-2-3-14(11-26)21(28)29)9-15-5-7-18(32-15)22(30)31-17-6-4-13(19(24)25)10-16(17)23/h4-7,10,12,14H,2-3,8-9,11H2,1H3,(H3,24,25)(H,28,29). The van der Waals surface area contributed by atoms with Gasteiger partial charge in [0.2, 0.25) is 5.91 Å². The molecule has 32 heavy (non-hydrogen) atoms. The molecule has 0 saturated carbocycles. The molecule has 1 fully saturated rings. The van der Waals surface area contributed by atoms with E-state index in [4.69, 9.17) is 15.9 Å². The number of amidine groups is 1. The summed E-state index contributed by atoms with van der Waals surface area (Å²) in [5.41, 5.74) is 5.50. The normalized spacial score (nSPS) is 16.9. The number of benzene rings is 1. The molecule has 0 aliphatic carbocycles. The molecule has 1 aliphatic heterocycles. The second kappa shape index (κ2) is 9.90. The first-order valence-corrected chi connectivity index (χ1v) is 10.9. The average Bonchev–Trinajstić information content (AvgIpc) is 3.23. The molecule has 2 atom stereocenters. The number of nitrogens with one attached hydrogen (secondary N) is 1. The number of hydrogen-bond acceptors (Lipinski definition) is 6. The van der Waals surface area contributed by atoms with Crippen LogP contribution in [0.15, 0.2) is 30.3 Å². The molecule has 0 radical (unpaired) electrons. The highest BCUT2D eigenvalue weighted by Gasteiger charge is 2.30. The molecule has 4 N–H and O–H groups in total. The third-order valence-electron chi connectivity index (χ3n) is 5.32. The third-order valence-corrected chi connectivity index (χ3v) is 6.41. The van der Waals surface area contributed by atoms with Gasteiger partial charge in [0.25, 0.3) is 0 Å². The van der Waals surface area contributed by atoms with Crippen molar-refractivity contribution in [2.75, 3.05) is 13.1 Å². The molecular weight excluding hydrogens is 437 g/mol. The average molecular weight is 462 g/mol. The summed E-state index contributed by atoms with van der Waals surface area (Å²) in [4.78, 5) is 39.0. The predicted molar refractivity (Wildman–Crippen MR) is 117 cm³/mol. The van der Waals surface area contributed by atoms with Crippen molar-refractivity contribution in [3.05, 3.63) is 51.5 Å². The van der Waals surface area contributed by atoms with Gasteiger partial charge in [0, 0.05) is 29.4 Å². The van der Waals surface area contributed by atoms with E-state index in [-0.39, 0.29) is 40.4 Å². The van der Waals surface area contributed by atoms with Crippen LogP contribution in [0.5, 0.6) is 5.75 Å². The molecule has 2 heterocycles. The van der Waals surface area contributed by atoms with Gasteiger partial charge in [-0.3, -0.25) is 15.0 Å². The number of piperidine rings is 1. The number of thiophene rings is 1. The number of nitrogens with two attached hydrogens (primary N) is 1. The Kier molecular flexibility index (Phi) is 7.24. The zero-order valence-corrected chi connectivity index (χ0v) is 18.3. The van der Waals surface area contributed by atoms with Crippen LogP contribution in [0.4, 0.5) is 4.39 Å². The highest BCUT2D eigenvalue weighted by Crippen LogP contribution is 2.25. The van der Waals surface area contributed by atoms with Crippen molar-refractivity contribution in [2.24, 2.45) is 17.6 Å². The largest absolute Gasteiger partial charge is 0.481 e. The van der Waals surface area contributed by atoms with Crippen molar-refractivity contribution in [1.82, 2.24) is 4.90 Å². The van der Waals surface area contributed by atoms with E-state index >= 15 is 0 Å². The lowest BCUT2D eigenvalue weighted by Gasteiger charge is -2.32. The molecule has 170 valence electrons. The highest BCUT2D eigenvalue weighted by molar-refractivity contribution is 7.13. The van der Waals surface area contributed by atoms with Gasteiger partial charge in [0.05, 0.1) is 5.92 Å². The molecule has 1 aromatic carbocycles. The van der Waals surface area contributed by atoms with Gasteiger partial charge in [0.15, 0.2) is 11.6 Å². The second-order valence-electron chi connectivity index (χ2n) is 7.78. The Bertz CT molecular complexity index is 1050. The summed E-state index contributed by atoms with van der Waals surface area (Å²) >= 11 is 1.16. The second-order valence-corrected chi connectivity index (χ2v) is 8.95. The lowest BCUT2D eigenvalue weighted by Crippen LogP contribution is -2.44. The van der Waals surface area contributed by atoms with Crippen molar-refractivity contribution in [3.63, 3.8) is 0 Å². The minimum Gasteiger partial charge on any atom is -0.481 e. The van der Waals surface area contributed by atoms with Crippen LogP contribution in [-0.2, 0) is 16.0 Å². The minimum absolute atomic E-state index is 0.110. The molecule has 10 heteroatoms. The van der Waals surface area contributed by atoms with Crippen LogP contribution in [-0.4, -0.2) is 46.8 Å². The predicted octanol–water partition coefficient (Wildman–Crippen LogP) is 2.89. The van der Waals surface area contributed by atoms with Gasteiger partial charge in [-0.2, -0.15) is 0 Å². The fraction of sp³-hybridized carbons (Fsp3) is 0.364. The molecule has 1 saturated heterocycles. The summed E-state index contributed by atoms with van der Waals surface area (Å²) in [6, 6.07) is 6.92. The summed E-state index contributed by atoms with van der Waals surface area (Å²) in [5, 5.41) is 16.5. The van der Waals surface area contributed by atoms with Crippen LogP contribution in [0.1, 0.15) is 39.9 Å². The van der Waals surface area contributed by atoms with E-state index in [1.54, 1.807) is 24.0 Å². The maximum Gasteiger partial charge on any atom is 0.353 e. The molecule has 0 spiro atoms. The Hall–Kier alpha value is -3.27. The summed E-state index contributed by atoms with van der Waals surface area (Å²) in [5.74, 6) is -3.99. The maximum atomic E-state index is 14.1. The number of carbonyl (C=O) groups is 3. The number of carboxylic acids is 1. The fourth-order valence-electron chi connectivity index (χ4n) is 3.58. The summed E-state index contributed by atoms with van der Waals surface area (Å²) < 4.78 is 19.2. The van der Waals surface area contributed by atoms with Crippen LogP contribution < -0.4 is 10.5 Å². The van der Waals surface area contributed by atoms with Crippen molar-refractivity contribution >= 4 is 35.0 Å². The van der Waals surface area contributed by atoms with Gasteiger partial charge >= 0.3 is 11.9 Å². The quantitative estimate of drug-likeness (QED) is 0.251. The maximum absolute atomic E-state index is 14.1. The smallest absolute Gasteiger partial charge is 0.353 e. The lowest BCUT2D eigenvalue weighted by atomic mass is 9.96. The number of nitrogen functional groups attached to an aromatic ring is 1. The van der Waals surface area contributed by atoms with Gasteiger partial charge < -0.3 is 20.5 Å². The number of aliphatic carboxylic acids is 1. The lowest BCUT2D eigenvalue weighted by molar-refractivity contribution is -0.146. The zero-order chi connectivity index (χ0) is 23.4. The molecule has 2 unspecified atom stereocenters. The van der Waals surface area contributed by atoms with Crippen molar-refractivity contribution in [2.45, 2.75) is 26.2 Å². The fourth-order valence-corrected chi connectivity index (χ4v) is 4.59. The number of rotatable bonds is 7. The number of amides is 1. The van der Waals surface area contributed by atoms with Gasteiger partial charge in [-0.05, 0) is 49.6 Å². The summed E-state index contributed by atoms with van der Waals surface area (Å²) in [6.45, 7) is 2.54.